The number of rotatable bonds is 4. The van der Waals surface area contributed by atoms with Gasteiger partial charge in [0.05, 0.1) is 23.4 Å². The first-order valence-electron chi connectivity index (χ1n) is 10.8. The van der Waals surface area contributed by atoms with E-state index >= 15 is 0 Å². The molecule has 1 aliphatic heterocycles. The number of carbonyl (C=O) groups is 2. The normalized spacial score (nSPS) is 16.9. The molecule has 2 aromatic carbocycles. The lowest BCUT2D eigenvalue weighted by atomic mass is 9.74. The maximum atomic E-state index is 12.9. The summed E-state index contributed by atoms with van der Waals surface area (Å²) in [6.45, 7) is 0.341. The zero-order chi connectivity index (χ0) is 22.3. The van der Waals surface area contributed by atoms with Gasteiger partial charge in [-0.15, -0.1) is 0 Å². The summed E-state index contributed by atoms with van der Waals surface area (Å²) in [6.07, 6.45) is 4.74. The van der Waals surface area contributed by atoms with E-state index in [1.54, 1.807) is 19.2 Å². The summed E-state index contributed by atoms with van der Waals surface area (Å²) in [7, 11) is 1.61. The van der Waals surface area contributed by atoms with E-state index in [1.165, 1.54) is 0 Å². The lowest BCUT2D eigenvalue weighted by Crippen LogP contribution is -2.52. The number of anilines is 1. The van der Waals surface area contributed by atoms with Crippen LogP contribution in [0.4, 0.5) is 10.5 Å². The zero-order valence-corrected chi connectivity index (χ0v) is 18.5. The molecule has 2 aliphatic rings. The zero-order valence-electron chi connectivity index (χ0n) is 17.7. The van der Waals surface area contributed by atoms with E-state index in [1.807, 2.05) is 24.3 Å². The third-order valence-electron chi connectivity index (χ3n) is 6.35. The van der Waals surface area contributed by atoms with Crippen molar-refractivity contribution in [1.29, 1.82) is 0 Å². The first-order chi connectivity index (χ1) is 15.5. The van der Waals surface area contributed by atoms with Gasteiger partial charge in [0.1, 0.15) is 11.3 Å². The lowest BCUT2D eigenvalue weighted by molar-refractivity contribution is 0.0925. The fourth-order valence-corrected chi connectivity index (χ4v) is 5.11. The van der Waals surface area contributed by atoms with Crippen LogP contribution in [0.15, 0.2) is 40.8 Å². The number of fused-ring (bicyclic) bond motifs is 4. The van der Waals surface area contributed by atoms with Gasteiger partial charge in [-0.2, -0.15) is 0 Å². The molecule has 1 spiro atoms. The number of hydrogen-bond donors (Lipinski definition) is 3. The SMILES string of the molecule is COc1cccc(CNC(=O)c2cc3cc(Cl)c4c(c3o2)C2(CCCCC2)NC(=O)N4)c1. The van der Waals surface area contributed by atoms with Crippen LogP contribution in [0, 0.1) is 0 Å². The van der Waals surface area contributed by atoms with Crippen molar-refractivity contribution in [2.45, 2.75) is 44.2 Å². The van der Waals surface area contributed by atoms with Gasteiger partial charge in [0.15, 0.2) is 5.76 Å². The summed E-state index contributed by atoms with van der Waals surface area (Å²) in [4.78, 5) is 25.2. The van der Waals surface area contributed by atoms with E-state index in [9.17, 15) is 9.59 Å². The Balaban J connectivity index is 1.49. The molecule has 32 heavy (non-hydrogen) atoms. The van der Waals surface area contributed by atoms with E-state index < -0.39 is 5.54 Å². The number of nitrogens with one attached hydrogen (secondary N) is 3. The molecule has 5 rings (SSSR count). The first-order valence-corrected chi connectivity index (χ1v) is 11.1. The number of amides is 3. The van der Waals surface area contributed by atoms with Crippen molar-refractivity contribution in [2.24, 2.45) is 0 Å². The summed E-state index contributed by atoms with van der Waals surface area (Å²) in [5.74, 6) is 0.615. The molecule has 0 saturated heterocycles. The fraction of sp³-hybridized carbons (Fsp3) is 0.333. The second-order valence-corrected chi connectivity index (χ2v) is 8.80. The predicted molar refractivity (Wildman–Crippen MR) is 122 cm³/mol. The Bertz CT molecular complexity index is 1210. The Kier molecular flexibility index (Phi) is 5.21. The van der Waals surface area contributed by atoms with Gasteiger partial charge < -0.3 is 25.1 Å². The van der Waals surface area contributed by atoms with Crippen LogP contribution in [0.2, 0.25) is 5.02 Å². The lowest BCUT2D eigenvalue weighted by Gasteiger charge is -2.42. The highest BCUT2D eigenvalue weighted by Crippen LogP contribution is 2.48. The van der Waals surface area contributed by atoms with Crippen molar-refractivity contribution in [3.63, 3.8) is 0 Å². The summed E-state index contributed by atoms with van der Waals surface area (Å²) < 4.78 is 11.3. The Morgan fingerprint density at radius 2 is 2.03 bits per heavy atom. The number of carbonyl (C=O) groups excluding carboxylic acids is 2. The van der Waals surface area contributed by atoms with Crippen LogP contribution in [0.25, 0.3) is 11.0 Å². The van der Waals surface area contributed by atoms with Gasteiger partial charge >= 0.3 is 6.03 Å². The van der Waals surface area contributed by atoms with Crippen LogP contribution >= 0.6 is 11.6 Å². The fourth-order valence-electron chi connectivity index (χ4n) is 4.85. The summed E-state index contributed by atoms with van der Waals surface area (Å²) >= 11 is 6.55. The van der Waals surface area contributed by atoms with E-state index in [4.69, 9.17) is 20.8 Å². The molecule has 3 amide bonds. The van der Waals surface area contributed by atoms with Crippen molar-refractivity contribution >= 4 is 40.2 Å². The molecule has 3 aromatic rings. The predicted octanol–water partition coefficient (Wildman–Crippen LogP) is 5.32. The second-order valence-electron chi connectivity index (χ2n) is 8.39. The molecule has 1 saturated carbocycles. The van der Waals surface area contributed by atoms with Crippen LogP contribution in [0.3, 0.4) is 0 Å². The second kappa shape index (κ2) is 8.06. The third-order valence-corrected chi connectivity index (χ3v) is 6.65. The third kappa shape index (κ3) is 3.56. The number of hydrogen-bond acceptors (Lipinski definition) is 4. The molecule has 3 N–H and O–H groups in total. The molecule has 1 aromatic heterocycles. The molecular weight excluding hydrogens is 430 g/mol. The Morgan fingerprint density at radius 3 is 2.81 bits per heavy atom. The number of furan rings is 1. The average molecular weight is 454 g/mol. The topological polar surface area (TPSA) is 92.6 Å². The van der Waals surface area contributed by atoms with Crippen molar-refractivity contribution in [3.05, 3.63) is 58.3 Å². The van der Waals surface area contributed by atoms with Crippen molar-refractivity contribution in [3.8, 4) is 5.75 Å². The molecule has 8 heteroatoms. The van der Waals surface area contributed by atoms with Crippen LogP contribution in [-0.2, 0) is 12.1 Å². The first kappa shape index (κ1) is 20.7. The summed E-state index contributed by atoms with van der Waals surface area (Å²) in [5, 5.41) is 10.0. The molecule has 1 aliphatic carbocycles. The van der Waals surface area contributed by atoms with E-state index in [0.29, 0.717) is 22.8 Å². The monoisotopic (exact) mass is 453 g/mol. The molecule has 0 unspecified atom stereocenters. The van der Waals surface area contributed by atoms with E-state index in [0.717, 1.165) is 54.4 Å². The van der Waals surface area contributed by atoms with Gasteiger partial charge in [-0.25, -0.2) is 4.79 Å². The van der Waals surface area contributed by atoms with Crippen molar-refractivity contribution in [1.82, 2.24) is 10.6 Å². The minimum absolute atomic E-state index is 0.204. The van der Waals surface area contributed by atoms with E-state index in [2.05, 4.69) is 16.0 Å². The van der Waals surface area contributed by atoms with Crippen molar-refractivity contribution < 1.29 is 18.7 Å². The molecule has 2 heterocycles. The maximum Gasteiger partial charge on any atom is 0.319 e. The van der Waals surface area contributed by atoms with Gasteiger partial charge in [-0.3, -0.25) is 4.79 Å². The van der Waals surface area contributed by atoms with Crippen LogP contribution < -0.4 is 20.7 Å². The smallest absolute Gasteiger partial charge is 0.319 e. The van der Waals surface area contributed by atoms with Crippen LogP contribution in [-0.4, -0.2) is 19.0 Å². The summed E-state index contributed by atoms with van der Waals surface area (Å²) in [5.41, 5.74) is 2.38. The Morgan fingerprint density at radius 1 is 1.22 bits per heavy atom. The molecular formula is C24H24ClN3O4. The average Bonchev–Trinajstić information content (AvgIpc) is 3.21. The highest BCUT2D eigenvalue weighted by atomic mass is 35.5. The van der Waals surface area contributed by atoms with E-state index in [-0.39, 0.29) is 17.7 Å². The van der Waals surface area contributed by atoms with Gasteiger partial charge in [0.2, 0.25) is 0 Å². The summed E-state index contributed by atoms with van der Waals surface area (Å²) in [6, 6.07) is 10.7. The molecule has 0 bridgehead atoms. The minimum Gasteiger partial charge on any atom is -0.497 e. The minimum atomic E-state index is -0.536. The quantitative estimate of drug-likeness (QED) is 0.498. The molecule has 0 radical (unpaired) electrons. The molecule has 166 valence electrons. The Hall–Kier alpha value is -3.19. The molecule has 7 nitrogen and oxygen atoms in total. The standard InChI is InChI=1S/C24H24ClN3O4/c1-31-16-7-5-6-14(10-16)13-26-22(29)18-12-15-11-17(25)20-19(21(15)32-18)24(28-23(30)27-20)8-3-2-4-9-24/h5-7,10-12H,2-4,8-9,13H2,1H3,(H,26,29)(H2,27,28,30). The number of benzene rings is 2. The number of ether oxygens (including phenoxy) is 1. The number of methoxy groups -OCH3 is 1. The molecule has 1 fully saturated rings. The van der Waals surface area contributed by atoms with Crippen LogP contribution in [0.5, 0.6) is 5.75 Å². The van der Waals surface area contributed by atoms with Gasteiger partial charge in [-0.1, -0.05) is 43.0 Å². The number of halogens is 1. The largest absolute Gasteiger partial charge is 0.497 e. The Labute approximate surface area is 190 Å². The highest BCUT2D eigenvalue weighted by Gasteiger charge is 2.43. The van der Waals surface area contributed by atoms with Gasteiger partial charge in [0.25, 0.3) is 5.91 Å². The molecule has 0 atom stereocenters. The van der Waals surface area contributed by atoms with Gasteiger partial charge in [0, 0.05) is 17.5 Å². The van der Waals surface area contributed by atoms with Crippen molar-refractivity contribution in [2.75, 3.05) is 12.4 Å². The maximum absolute atomic E-state index is 12.9. The number of urea groups is 1. The highest BCUT2D eigenvalue weighted by molar-refractivity contribution is 6.35. The van der Waals surface area contributed by atoms with Crippen LogP contribution in [0.1, 0.15) is 53.8 Å². The van der Waals surface area contributed by atoms with Gasteiger partial charge in [-0.05, 0) is 42.7 Å².